The van der Waals surface area contributed by atoms with E-state index in [9.17, 15) is 14.4 Å². The minimum atomic E-state index is -1.11. The van der Waals surface area contributed by atoms with E-state index in [1.54, 1.807) is 24.3 Å². The molecule has 0 saturated heterocycles. The van der Waals surface area contributed by atoms with Crippen molar-refractivity contribution in [3.05, 3.63) is 51.9 Å². The summed E-state index contributed by atoms with van der Waals surface area (Å²) in [5.74, 6) is -0.674. The lowest BCUT2D eigenvalue weighted by atomic mass is 10.1. The van der Waals surface area contributed by atoms with Crippen LogP contribution in [0.3, 0.4) is 0 Å². The number of rotatable bonds is 4. The third-order valence-corrected chi connectivity index (χ3v) is 4.55. The first-order valence-corrected chi connectivity index (χ1v) is 8.08. The third-order valence-electron chi connectivity index (χ3n) is 4.55. The monoisotopic (exact) mass is 373 g/mol. The van der Waals surface area contributed by atoms with Crippen LogP contribution in [0.2, 0.25) is 0 Å². The van der Waals surface area contributed by atoms with Crippen molar-refractivity contribution in [1.29, 1.82) is 0 Å². The number of fused-ring (bicyclic) bond motifs is 1. The predicted molar refractivity (Wildman–Crippen MR) is 94.5 cm³/mol. The molecule has 9 nitrogen and oxygen atoms in total. The summed E-state index contributed by atoms with van der Waals surface area (Å²) >= 11 is 0. The van der Waals surface area contributed by atoms with Gasteiger partial charge in [-0.25, -0.2) is 14.3 Å². The van der Waals surface area contributed by atoms with Gasteiger partial charge in [0.2, 0.25) is 0 Å². The maximum absolute atomic E-state index is 12.7. The Morgan fingerprint density at radius 3 is 2.15 bits per heavy atom. The number of aromatic nitrogens is 2. The van der Waals surface area contributed by atoms with Crippen molar-refractivity contribution in [3.8, 4) is 5.75 Å². The minimum absolute atomic E-state index is 0.144. The molecule has 0 saturated carbocycles. The van der Waals surface area contributed by atoms with Crippen molar-refractivity contribution in [2.24, 2.45) is 7.05 Å². The van der Waals surface area contributed by atoms with Crippen molar-refractivity contribution in [3.63, 3.8) is 0 Å². The molecule has 27 heavy (non-hydrogen) atoms. The molecule has 2 atom stereocenters. The smallest absolute Gasteiger partial charge is 0.333 e. The second-order valence-corrected chi connectivity index (χ2v) is 5.90. The number of aryl methyl sites for hydroxylation is 1. The highest BCUT2D eigenvalue weighted by Crippen LogP contribution is 2.44. The van der Waals surface area contributed by atoms with E-state index in [-0.39, 0.29) is 5.56 Å². The number of ether oxygens (including phenoxy) is 3. The minimum Gasteiger partial charge on any atom is -0.497 e. The van der Waals surface area contributed by atoms with E-state index in [1.165, 1.54) is 39.5 Å². The molecule has 2 heterocycles. The van der Waals surface area contributed by atoms with E-state index in [1.807, 2.05) is 0 Å². The average molecular weight is 373 g/mol. The molecule has 1 aromatic carbocycles. The molecule has 0 amide bonds. The van der Waals surface area contributed by atoms with Crippen molar-refractivity contribution in [2.45, 2.75) is 12.1 Å². The summed E-state index contributed by atoms with van der Waals surface area (Å²) in [6, 6.07) is 4.64. The first-order chi connectivity index (χ1) is 12.9. The fourth-order valence-electron chi connectivity index (χ4n) is 3.25. The van der Waals surface area contributed by atoms with Gasteiger partial charge < -0.3 is 19.1 Å². The lowest BCUT2D eigenvalue weighted by Gasteiger charge is -2.29. The second-order valence-electron chi connectivity index (χ2n) is 5.90. The van der Waals surface area contributed by atoms with Crippen LogP contribution in [0.15, 0.2) is 35.3 Å². The first kappa shape index (κ1) is 18.4. The van der Waals surface area contributed by atoms with Gasteiger partial charge >= 0.3 is 11.9 Å². The van der Waals surface area contributed by atoms with Crippen LogP contribution >= 0.6 is 0 Å². The van der Waals surface area contributed by atoms with Gasteiger partial charge in [-0.3, -0.25) is 4.79 Å². The molecular formula is C18H19N3O6. The van der Waals surface area contributed by atoms with Crippen LogP contribution in [0.1, 0.15) is 23.2 Å². The van der Waals surface area contributed by atoms with Gasteiger partial charge in [-0.1, -0.05) is 0 Å². The zero-order valence-corrected chi connectivity index (χ0v) is 15.3. The maximum Gasteiger partial charge on any atom is 0.333 e. The maximum atomic E-state index is 12.7. The number of carbonyl (C=O) groups is 2. The Hall–Kier alpha value is -3.36. The van der Waals surface area contributed by atoms with Crippen LogP contribution in [0.25, 0.3) is 0 Å². The zero-order valence-electron chi connectivity index (χ0n) is 15.3. The number of nitrogens with zero attached hydrogens (tertiary/aromatic N) is 3. The molecule has 0 spiro atoms. The number of hydrogen-bond donors (Lipinski definition) is 0. The van der Waals surface area contributed by atoms with Crippen LogP contribution in [0, 0.1) is 0 Å². The summed E-state index contributed by atoms with van der Waals surface area (Å²) in [6.45, 7) is 0. The van der Waals surface area contributed by atoms with Crippen LogP contribution in [0.5, 0.6) is 5.75 Å². The van der Waals surface area contributed by atoms with E-state index < -0.39 is 29.6 Å². The number of esters is 2. The molecule has 2 aromatic rings. The molecule has 1 aromatic heterocycles. The zero-order chi connectivity index (χ0) is 19.7. The summed E-state index contributed by atoms with van der Waals surface area (Å²) < 4.78 is 16.1. The molecule has 9 heteroatoms. The number of hydrogen-bond acceptors (Lipinski definition) is 8. The molecule has 1 aliphatic heterocycles. The van der Waals surface area contributed by atoms with Crippen LogP contribution < -0.4 is 15.2 Å². The van der Waals surface area contributed by atoms with Gasteiger partial charge in [0, 0.05) is 18.3 Å². The first-order valence-electron chi connectivity index (χ1n) is 8.08. The van der Waals surface area contributed by atoms with Gasteiger partial charge in [0.05, 0.1) is 33.1 Å². The highest BCUT2D eigenvalue weighted by Gasteiger charge is 2.49. The van der Waals surface area contributed by atoms with Gasteiger partial charge in [0.25, 0.3) is 5.56 Å². The van der Waals surface area contributed by atoms with Crippen molar-refractivity contribution >= 4 is 17.6 Å². The fraction of sp³-hybridized carbons (Fsp3) is 0.333. The van der Waals surface area contributed by atoms with E-state index in [0.717, 1.165) is 4.68 Å². The summed E-state index contributed by atoms with van der Waals surface area (Å²) in [5, 5.41) is 3.99. The topological polar surface area (TPSA) is 100.0 Å². The van der Waals surface area contributed by atoms with Crippen LogP contribution in [0.4, 0.5) is 5.69 Å². The molecule has 0 radical (unpaired) electrons. The molecule has 1 aliphatic rings. The van der Waals surface area contributed by atoms with Gasteiger partial charge in [-0.15, -0.1) is 0 Å². The number of benzene rings is 1. The molecule has 0 aliphatic carbocycles. The second kappa shape index (κ2) is 7.10. The Balaban J connectivity index is 2.26. The number of methoxy groups -OCH3 is 3. The van der Waals surface area contributed by atoms with Gasteiger partial charge in [0.1, 0.15) is 5.75 Å². The molecule has 142 valence electrons. The van der Waals surface area contributed by atoms with E-state index in [0.29, 0.717) is 17.0 Å². The summed E-state index contributed by atoms with van der Waals surface area (Å²) in [4.78, 5) is 39.4. The largest absolute Gasteiger partial charge is 0.497 e. The van der Waals surface area contributed by atoms with Gasteiger partial charge in [-0.05, 0) is 24.3 Å². The Bertz CT molecular complexity index is 937. The molecule has 3 rings (SSSR count). The van der Waals surface area contributed by atoms with Gasteiger partial charge in [-0.2, -0.15) is 5.10 Å². The molecular weight excluding hydrogens is 354 g/mol. The average Bonchev–Trinajstić information content (AvgIpc) is 3.05. The van der Waals surface area contributed by atoms with E-state index >= 15 is 0 Å². The van der Waals surface area contributed by atoms with Crippen molar-refractivity contribution in [1.82, 2.24) is 9.78 Å². The van der Waals surface area contributed by atoms with Crippen LogP contribution in [-0.4, -0.2) is 43.0 Å². The molecule has 0 N–H and O–H groups in total. The van der Waals surface area contributed by atoms with Crippen molar-refractivity contribution in [2.75, 3.05) is 26.2 Å². The summed E-state index contributed by atoms with van der Waals surface area (Å²) in [7, 11) is 5.48. The molecule has 0 unspecified atom stereocenters. The third kappa shape index (κ3) is 2.90. The summed E-state index contributed by atoms with van der Waals surface area (Å²) in [5.41, 5.74) is 0.509. The standard InChI is InChI=1S/C18H19N3O6/c1-20-16(22)13-12(9-19-20)14(17(23)26-3)21(15(13)18(24)27-4)10-5-7-11(25-2)8-6-10/h5-9,14-15H,1-4H3/t14-,15+/m1/s1. The lowest BCUT2D eigenvalue weighted by molar-refractivity contribution is -0.144. The Labute approximate surface area is 155 Å². The highest BCUT2D eigenvalue weighted by molar-refractivity contribution is 5.92. The van der Waals surface area contributed by atoms with E-state index in [2.05, 4.69) is 5.10 Å². The molecule has 0 bridgehead atoms. The fourth-order valence-corrected chi connectivity index (χ4v) is 3.25. The highest BCUT2D eigenvalue weighted by atomic mass is 16.5. The summed E-state index contributed by atoms with van der Waals surface area (Å²) in [6.07, 6.45) is 1.40. The Morgan fingerprint density at radius 1 is 1.00 bits per heavy atom. The van der Waals surface area contributed by atoms with Crippen molar-refractivity contribution < 1.29 is 23.8 Å². The Kier molecular flexibility index (Phi) is 4.85. The molecule has 0 fully saturated rings. The lowest BCUT2D eigenvalue weighted by Crippen LogP contribution is -2.37. The SMILES string of the molecule is COC(=O)[C@@H]1c2c(cnn(C)c2=O)[C@H](C(=O)OC)N1c1ccc(OC)cc1. The van der Waals surface area contributed by atoms with E-state index in [4.69, 9.17) is 14.2 Å². The predicted octanol–water partition coefficient (Wildman–Crippen LogP) is 0.737. The number of carbonyl (C=O) groups excluding carboxylic acids is 2. The number of anilines is 1. The Morgan fingerprint density at radius 2 is 1.59 bits per heavy atom. The normalized spacial score (nSPS) is 18.0. The quantitative estimate of drug-likeness (QED) is 0.724. The van der Waals surface area contributed by atoms with Crippen LogP contribution in [-0.2, 0) is 26.1 Å². The van der Waals surface area contributed by atoms with Gasteiger partial charge in [0.15, 0.2) is 12.1 Å².